The van der Waals surface area contributed by atoms with E-state index in [4.69, 9.17) is 16.3 Å². The summed E-state index contributed by atoms with van der Waals surface area (Å²) in [6.45, 7) is 2.31. The number of benzene rings is 2. The number of hydrogen-bond donors (Lipinski definition) is 1. The van der Waals surface area contributed by atoms with Gasteiger partial charge in [-0.2, -0.15) is 0 Å². The monoisotopic (exact) mass is 372 g/mol. The first kappa shape index (κ1) is 18.4. The van der Waals surface area contributed by atoms with E-state index < -0.39 is 12.1 Å². The lowest BCUT2D eigenvalue weighted by atomic mass is 9.97. The first-order valence-corrected chi connectivity index (χ1v) is 8.80. The summed E-state index contributed by atoms with van der Waals surface area (Å²) in [5, 5.41) is 3.53. The third kappa shape index (κ3) is 3.89. The average molecular weight is 373 g/mol. The molecule has 0 radical (unpaired) electrons. The molecule has 0 aromatic heterocycles. The van der Waals surface area contributed by atoms with Gasteiger partial charge in [-0.05, 0) is 35.7 Å². The van der Waals surface area contributed by atoms with Crippen LogP contribution in [0.1, 0.15) is 22.7 Å². The number of likely N-dealkylation sites (N-methyl/N-ethyl adjacent to an activating group) is 1. The van der Waals surface area contributed by atoms with Crippen LogP contribution >= 0.6 is 11.6 Å². The van der Waals surface area contributed by atoms with Crippen molar-refractivity contribution in [3.8, 4) is 0 Å². The predicted octanol–water partition coefficient (Wildman–Crippen LogP) is 2.86. The van der Waals surface area contributed by atoms with Gasteiger partial charge in [-0.3, -0.25) is 9.59 Å². The third-order valence-corrected chi connectivity index (χ3v) is 4.92. The molecule has 0 aliphatic carbocycles. The molecule has 0 bridgehead atoms. The van der Waals surface area contributed by atoms with Crippen LogP contribution in [-0.2, 0) is 20.9 Å². The lowest BCUT2D eigenvalue weighted by Crippen LogP contribution is -2.52. The SMILES string of the molecule is Cc1ccccc1CNC(=O)C1OCC(=O)N(C)C1c1ccc(Cl)cc1. The van der Waals surface area contributed by atoms with Gasteiger partial charge in [0, 0.05) is 18.6 Å². The Kier molecular flexibility index (Phi) is 5.59. The van der Waals surface area contributed by atoms with E-state index in [0.717, 1.165) is 16.7 Å². The molecule has 5 nitrogen and oxygen atoms in total. The van der Waals surface area contributed by atoms with Crippen molar-refractivity contribution in [2.24, 2.45) is 0 Å². The topological polar surface area (TPSA) is 58.6 Å². The van der Waals surface area contributed by atoms with Gasteiger partial charge in [0.05, 0.1) is 6.04 Å². The van der Waals surface area contributed by atoms with Crippen LogP contribution in [0.4, 0.5) is 0 Å². The number of halogens is 1. The predicted molar refractivity (Wildman–Crippen MR) is 99.7 cm³/mol. The van der Waals surface area contributed by atoms with Crippen LogP contribution in [0, 0.1) is 6.92 Å². The number of nitrogens with zero attached hydrogens (tertiary/aromatic N) is 1. The number of carbonyl (C=O) groups excluding carboxylic acids is 2. The summed E-state index contributed by atoms with van der Waals surface area (Å²) in [7, 11) is 1.69. The summed E-state index contributed by atoms with van der Waals surface area (Å²) in [4.78, 5) is 26.4. The molecular weight excluding hydrogens is 352 g/mol. The van der Waals surface area contributed by atoms with Gasteiger partial charge in [0.15, 0.2) is 6.10 Å². The zero-order valence-corrected chi connectivity index (χ0v) is 15.5. The molecule has 1 heterocycles. The number of carbonyl (C=O) groups is 2. The van der Waals surface area contributed by atoms with Crippen LogP contribution in [0.3, 0.4) is 0 Å². The molecule has 2 unspecified atom stereocenters. The fraction of sp³-hybridized carbons (Fsp3) is 0.300. The Labute approximate surface area is 157 Å². The summed E-state index contributed by atoms with van der Waals surface area (Å²) in [5.74, 6) is -0.402. The van der Waals surface area contributed by atoms with Gasteiger partial charge in [-0.15, -0.1) is 0 Å². The largest absolute Gasteiger partial charge is 0.356 e. The molecule has 1 saturated heterocycles. The average Bonchev–Trinajstić information content (AvgIpc) is 2.64. The minimum atomic E-state index is -0.775. The highest BCUT2D eigenvalue weighted by Gasteiger charge is 2.39. The van der Waals surface area contributed by atoms with Gasteiger partial charge in [-0.1, -0.05) is 48.0 Å². The second-order valence-electron chi connectivity index (χ2n) is 6.38. The molecule has 1 N–H and O–H groups in total. The first-order chi connectivity index (χ1) is 12.5. The van der Waals surface area contributed by atoms with Gasteiger partial charge < -0.3 is 15.0 Å². The van der Waals surface area contributed by atoms with Crippen molar-refractivity contribution in [1.29, 1.82) is 0 Å². The van der Waals surface area contributed by atoms with E-state index in [1.165, 1.54) is 0 Å². The quantitative estimate of drug-likeness (QED) is 0.897. The van der Waals surface area contributed by atoms with Crippen LogP contribution in [0.2, 0.25) is 5.02 Å². The molecule has 1 fully saturated rings. The number of ether oxygens (including phenoxy) is 1. The highest BCUT2D eigenvalue weighted by molar-refractivity contribution is 6.30. The van der Waals surface area contributed by atoms with Crippen LogP contribution < -0.4 is 5.32 Å². The van der Waals surface area contributed by atoms with Crippen LogP contribution in [0.25, 0.3) is 0 Å². The minimum absolute atomic E-state index is 0.108. The summed E-state index contributed by atoms with van der Waals surface area (Å²) in [6.07, 6.45) is -0.775. The van der Waals surface area contributed by atoms with Crippen LogP contribution in [-0.4, -0.2) is 36.5 Å². The van der Waals surface area contributed by atoms with Gasteiger partial charge in [0.25, 0.3) is 5.91 Å². The summed E-state index contributed by atoms with van der Waals surface area (Å²) >= 11 is 5.96. The summed E-state index contributed by atoms with van der Waals surface area (Å²) in [6, 6.07) is 14.5. The normalized spacial score (nSPS) is 20.1. The highest BCUT2D eigenvalue weighted by Crippen LogP contribution is 2.30. The fourth-order valence-electron chi connectivity index (χ4n) is 3.08. The standard InChI is InChI=1S/C20H21ClN2O3/c1-13-5-3-4-6-15(13)11-22-20(25)19-18(23(2)17(24)12-26-19)14-7-9-16(21)10-8-14/h3-10,18-19H,11-12H2,1-2H3,(H,22,25). The Hall–Kier alpha value is -2.37. The van der Waals surface area contributed by atoms with Gasteiger partial charge in [-0.25, -0.2) is 0 Å². The molecule has 26 heavy (non-hydrogen) atoms. The first-order valence-electron chi connectivity index (χ1n) is 8.42. The smallest absolute Gasteiger partial charge is 0.251 e. The molecule has 2 amide bonds. The zero-order chi connectivity index (χ0) is 18.7. The number of aryl methyl sites for hydroxylation is 1. The van der Waals surface area contributed by atoms with E-state index in [9.17, 15) is 9.59 Å². The zero-order valence-electron chi connectivity index (χ0n) is 14.7. The van der Waals surface area contributed by atoms with E-state index >= 15 is 0 Å². The number of amides is 2. The van der Waals surface area contributed by atoms with Gasteiger partial charge >= 0.3 is 0 Å². The lowest BCUT2D eigenvalue weighted by Gasteiger charge is -2.38. The van der Waals surface area contributed by atoms with E-state index in [-0.39, 0.29) is 18.4 Å². The number of nitrogens with one attached hydrogen (secondary N) is 1. The molecule has 6 heteroatoms. The van der Waals surface area contributed by atoms with Crippen molar-refractivity contribution >= 4 is 23.4 Å². The van der Waals surface area contributed by atoms with Crippen LogP contribution in [0.15, 0.2) is 48.5 Å². The molecule has 3 rings (SSSR count). The molecule has 1 aliphatic rings. The van der Waals surface area contributed by atoms with Crippen LogP contribution in [0.5, 0.6) is 0 Å². The van der Waals surface area contributed by atoms with E-state index in [0.29, 0.717) is 11.6 Å². The van der Waals surface area contributed by atoms with Crippen molar-refractivity contribution < 1.29 is 14.3 Å². The van der Waals surface area contributed by atoms with Crippen molar-refractivity contribution in [1.82, 2.24) is 10.2 Å². The second kappa shape index (κ2) is 7.89. The summed E-state index contributed by atoms with van der Waals surface area (Å²) in [5.41, 5.74) is 2.96. The van der Waals surface area contributed by atoms with E-state index in [1.54, 1.807) is 24.1 Å². The maximum absolute atomic E-state index is 12.8. The molecular formula is C20H21ClN2O3. The Morgan fingerprint density at radius 3 is 2.62 bits per heavy atom. The fourth-order valence-corrected chi connectivity index (χ4v) is 3.21. The number of rotatable bonds is 4. The maximum atomic E-state index is 12.8. The molecule has 0 saturated carbocycles. The highest BCUT2D eigenvalue weighted by atomic mass is 35.5. The summed E-state index contributed by atoms with van der Waals surface area (Å²) < 4.78 is 5.60. The van der Waals surface area contributed by atoms with Crippen molar-refractivity contribution in [3.05, 3.63) is 70.2 Å². The third-order valence-electron chi connectivity index (χ3n) is 4.67. The Morgan fingerprint density at radius 1 is 1.23 bits per heavy atom. The van der Waals surface area contributed by atoms with E-state index in [2.05, 4.69) is 5.32 Å². The van der Waals surface area contributed by atoms with Crippen molar-refractivity contribution in [2.45, 2.75) is 25.6 Å². The Bertz CT molecular complexity index is 807. The number of morpholine rings is 1. The van der Waals surface area contributed by atoms with Gasteiger partial charge in [0.2, 0.25) is 5.91 Å². The van der Waals surface area contributed by atoms with Crippen molar-refractivity contribution in [3.63, 3.8) is 0 Å². The second-order valence-corrected chi connectivity index (χ2v) is 6.81. The molecule has 136 valence electrons. The van der Waals surface area contributed by atoms with E-state index in [1.807, 2.05) is 43.3 Å². The molecule has 2 aromatic carbocycles. The minimum Gasteiger partial charge on any atom is -0.356 e. The Morgan fingerprint density at radius 2 is 1.92 bits per heavy atom. The molecule has 2 atom stereocenters. The molecule has 1 aliphatic heterocycles. The van der Waals surface area contributed by atoms with Crippen molar-refractivity contribution in [2.75, 3.05) is 13.7 Å². The Balaban J connectivity index is 1.79. The maximum Gasteiger partial charge on any atom is 0.251 e. The number of hydrogen-bond acceptors (Lipinski definition) is 3. The molecule has 0 spiro atoms. The lowest BCUT2D eigenvalue weighted by molar-refractivity contribution is -0.162. The molecule has 2 aromatic rings. The van der Waals surface area contributed by atoms with Gasteiger partial charge in [0.1, 0.15) is 6.61 Å².